The maximum atomic E-state index is 3.99. The fourth-order valence-corrected chi connectivity index (χ4v) is 1.09. The van der Waals surface area contributed by atoms with Gasteiger partial charge in [-0.15, -0.1) is 0 Å². The summed E-state index contributed by atoms with van der Waals surface area (Å²) in [5, 5.41) is 7.90. The Morgan fingerprint density at radius 3 is 2.75 bits per heavy atom. The van der Waals surface area contributed by atoms with Crippen LogP contribution in [0, 0.1) is 6.92 Å². The molecule has 0 spiro atoms. The van der Waals surface area contributed by atoms with Crippen molar-refractivity contribution in [1.82, 2.24) is 0 Å². The van der Waals surface area contributed by atoms with E-state index in [1.54, 1.807) is 0 Å². The van der Waals surface area contributed by atoms with Crippen molar-refractivity contribution in [1.29, 1.82) is 0 Å². The van der Waals surface area contributed by atoms with E-state index in [4.69, 9.17) is 0 Å². The molecule has 12 heavy (non-hydrogen) atoms. The van der Waals surface area contributed by atoms with E-state index in [9.17, 15) is 0 Å². The summed E-state index contributed by atoms with van der Waals surface area (Å²) in [4.78, 5) is 0. The average molecular weight is 162 g/mol. The van der Waals surface area contributed by atoms with Gasteiger partial charge < -0.3 is 0 Å². The molecular weight excluding hydrogens is 148 g/mol. The van der Waals surface area contributed by atoms with Crippen molar-refractivity contribution in [2.75, 3.05) is 0 Å². The lowest BCUT2D eigenvalue weighted by atomic mass is 10.1. The van der Waals surface area contributed by atoms with E-state index >= 15 is 0 Å². The number of rotatable bonds is 0. The third-order valence-corrected chi connectivity index (χ3v) is 1.66. The molecule has 0 aliphatic carbocycles. The number of hydrogen-bond donors (Lipinski definition) is 0. The summed E-state index contributed by atoms with van der Waals surface area (Å²) in [6.45, 7) is 6.82. The molecule has 0 radical (unpaired) electrons. The second kappa shape index (κ2) is 4.00. The van der Waals surface area contributed by atoms with E-state index in [0.29, 0.717) is 0 Å². The topological polar surface area (TPSA) is 24.7 Å². The van der Waals surface area contributed by atoms with E-state index in [1.165, 1.54) is 11.1 Å². The van der Waals surface area contributed by atoms with Gasteiger partial charge in [0, 0.05) is 5.56 Å². The Morgan fingerprint density at radius 1 is 1.25 bits per heavy atom. The van der Waals surface area contributed by atoms with Gasteiger partial charge in [-0.1, -0.05) is 26.0 Å². The zero-order chi connectivity index (χ0) is 8.97. The molecule has 0 saturated carbocycles. The highest BCUT2D eigenvalue weighted by molar-refractivity contribution is 5.49. The molecule has 1 aromatic rings. The second-order valence-electron chi connectivity index (χ2n) is 2.53. The van der Waals surface area contributed by atoms with Gasteiger partial charge in [0.25, 0.3) is 0 Å². The summed E-state index contributed by atoms with van der Waals surface area (Å²) >= 11 is 0. The largest absolute Gasteiger partial charge is 0.184 e. The maximum absolute atomic E-state index is 3.99. The van der Waals surface area contributed by atoms with E-state index in [1.807, 2.05) is 13.8 Å². The molecule has 0 unspecified atom stereocenters. The molecule has 0 amide bonds. The van der Waals surface area contributed by atoms with Gasteiger partial charge in [0.2, 0.25) is 0 Å². The zero-order valence-electron chi connectivity index (χ0n) is 7.83. The molecule has 0 fully saturated rings. The number of azo groups is 1. The first-order valence-electron chi connectivity index (χ1n) is 4.33. The minimum Gasteiger partial charge on any atom is -0.184 e. The highest BCUT2D eigenvalue weighted by atomic mass is 15.1. The SMILES string of the molecule is CC.Cc1ccc2c(c1)N=NC2. The van der Waals surface area contributed by atoms with Crippen LogP contribution in [-0.2, 0) is 6.54 Å². The van der Waals surface area contributed by atoms with E-state index in [2.05, 4.69) is 35.4 Å². The Morgan fingerprint density at radius 2 is 2.00 bits per heavy atom. The van der Waals surface area contributed by atoms with Crippen molar-refractivity contribution in [3.05, 3.63) is 29.3 Å². The third-order valence-electron chi connectivity index (χ3n) is 1.66. The van der Waals surface area contributed by atoms with Crippen LogP contribution in [0.4, 0.5) is 5.69 Å². The molecule has 0 bridgehead atoms. The Balaban J connectivity index is 0.000000336. The molecular formula is C10H14N2. The Bertz CT molecular complexity index is 290. The van der Waals surface area contributed by atoms with Crippen molar-refractivity contribution in [3.8, 4) is 0 Å². The van der Waals surface area contributed by atoms with Crippen LogP contribution < -0.4 is 0 Å². The molecule has 0 N–H and O–H groups in total. The number of aryl methyl sites for hydroxylation is 1. The van der Waals surface area contributed by atoms with Gasteiger partial charge in [-0.25, -0.2) is 0 Å². The van der Waals surface area contributed by atoms with E-state index < -0.39 is 0 Å². The van der Waals surface area contributed by atoms with Crippen molar-refractivity contribution in [3.63, 3.8) is 0 Å². The predicted molar refractivity (Wildman–Crippen MR) is 50.7 cm³/mol. The van der Waals surface area contributed by atoms with Crippen LogP contribution in [0.2, 0.25) is 0 Å². The lowest BCUT2D eigenvalue weighted by molar-refractivity contribution is 1.04. The molecule has 64 valence electrons. The molecule has 1 aliphatic heterocycles. The highest BCUT2D eigenvalue weighted by Crippen LogP contribution is 2.26. The average Bonchev–Trinajstić information content (AvgIpc) is 2.54. The van der Waals surface area contributed by atoms with Crippen molar-refractivity contribution < 1.29 is 0 Å². The van der Waals surface area contributed by atoms with Crippen LogP contribution in [-0.4, -0.2) is 0 Å². The normalized spacial score (nSPS) is 11.9. The summed E-state index contributed by atoms with van der Waals surface area (Å²) in [6.07, 6.45) is 0. The quantitative estimate of drug-likeness (QED) is 0.556. The molecule has 2 rings (SSSR count). The van der Waals surface area contributed by atoms with Crippen molar-refractivity contribution >= 4 is 5.69 Å². The Hall–Kier alpha value is -1.18. The second-order valence-corrected chi connectivity index (χ2v) is 2.53. The highest BCUT2D eigenvalue weighted by Gasteiger charge is 2.05. The first-order valence-corrected chi connectivity index (χ1v) is 4.33. The molecule has 1 aliphatic rings. The standard InChI is InChI=1S/C8H8N2.C2H6/c1-6-2-3-7-5-9-10-8(7)4-6;1-2/h2-4H,5H2,1H3;1-2H3. The van der Waals surface area contributed by atoms with Gasteiger partial charge in [-0.2, -0.15) is 10.2 Å². The predicted octanol–water partition coefficient (Wildman–Crippen LogP) is 3.62. The first kappa shape index (κ1) is 8.91. The summed E-state index contributed by atoms with van der Waals surface area (Å²) in [5.74, 6) is 0. The monoisotopic (exact) mass is 162 g/mol. The molecule has 0 aromatic heterocycles. The van der Waals surface area contributed by atoms with Crippen LogP contribution in [0.25, 0.3) is 0 Å². The van der Waals surface area contributed by atoms with Crippen LogP contribution in [0.15, 0.2) is 28.4 Å². The maximum Gasteiger partial charge on any atom is 0.0906 e. The molecule has 1 heterocycles. The van der Waals surface area contributed by atoms with Gasteiger partial charge in [-0.05, 0) is 18.6 Å². The first-order chi connectivity index (χ1) is 5.86. The van der Waals surface area contributed by atoms with Gasteiger partial charge in [0.05, 0.1) is 12.2 Å². The van der Waals surface area contributed by atoms with Crippen molar-refractivity contribution in [2.45, 2.75) is 27.3 Å². The summed E-state index contributed by atoms with van der Waals surface area (Å²) < 4.78 is 0. The molecule has 2 heteroatoms. The number of hydrogen-bond acceptors (Lipinski definition) is 2. The summed E-state index contributed by atoms with van der Waals surface area (Å²) in [7, 11) is 0. The van der Waals surface area contributed by atoms with Crippen LogP contribution in [0.5, 0.6) is 0 Å². The minimum absolute atomic E-state index is 0.760. The number of benzene rings is 1. The lowest BCUT2D eigenvalue weighted by Gasteiger charge is -1.94. The number of fused-ring (bicyclic) bond motifs is 1. The molecule has 0 atom stereocenters. The van der Waals surface area contributed by atoms with Gasteiger partial charge in [0.1, 0.15) is 0 Å². The van der Waals surface area contributed by atoms with E-state index in [-0.39, 0.29) is 0 Å². The summed E-state index contributed by atoms with van der Waals surface area (Å²) in [6, 6.07) is 6.24. The minimum atomic E-state index is 0.760. The molecule has 1 aromatic carbocycles. The van der Waals surface area contributed by atoms with E-state index in [0.717, 1.165) is 12.2 Å². The zero-order valence-corrected chi connectivity index (χ0v) is 7.83. The summed E-state index contributed by atoms with van der Waals surface area (Å²) in [5.41, 5.74) is 3.53. The smallest absolute Gasteiger partial charge is 0.0906 e. The number of nitrogens with zero attached hydrogens (tertiary/aromatic N) is 2. The van der Waals surface area contributed by atoms with Crippen LogP contribution in [0.3, 0.4) is 0 Å². The van der Waals surface area contributed by atoms with Crippen molar-refractivity contribution in [2.24, 2.45) is 10.2 Å². The van der Waals surface area contributed by atoms with Crippen LogP contribution >= 0.6 is 0 Å². The van der Waals surface area contributed by atoms with Gasteiger partial charge >= 0.3 is 0 Å². The Kier molecular flexibility index (Phi) is 2.97. The molecule has 2 nitrogen and oxygen atoms in total. The third kappa shape index (κ3) is 1.70. The Labute approximate surface area is 73.3 Å². The van der Waals surface area contributed by atoms with Crippen LogP contribution in [0.1, 0.15) is 25.0 Å². The fourth-order valence-electron chi connectivity index (χ4n) is 1.09. The van der Waals surface area contributed by atoms with Gasteiger partial charge in [-0.3, -0.25) is 0 Å². The lowest BCUT2D eigenvalue weighted by Crippen LogP contribution is -1.76. The molecule has 0 saturated heterocycles. The fraction of sp³-hybridized carbons (Fsp3) is 0.400. The van der Waals surface area contributed by atoms with Gasteiger partial charge in [0.15, 0.2) is 0 Å².